The van der Waals surface area contributed by atoms with Gasteiger partial charge < -0.3 is 15.8 Å². The zero-order chi connectivity index (χ0) is 16.3. The first-order valence-corrected chi connectivity index (χ1v) is 6.90. The predicted molar refractivity (Wildman–Crippen MR) is 89.1 cm³/mol. The molecule has 7 heteroatoms. The van der Waals surface area contributed by atoms with Crippen molar-refractivity contribution in [2.75, 3.05) is 23.2 Å². The number of ether oxygens (including phenoxy) is 1. The molecule has 0 unspecified atom stereocenters. The average Bonchev–Trinajstić information content (AvgIpc) is 2.47. The van der Waals surface area contributed by atoms with E-state index < -0.39 is 0 Å². The second-order valence-corrected chi connectivity index (χ2v) is 5.92. The second kappa shape index (κ2) is 6.07. The number of anilines is 4. The first-order valence-electron chi connectivity index (χ1n) is 6.90. The lowest BCUT2D eigenvalue weighted by molar-refractivity contribution is 0.415. The fourth-order valence-corrected chi connectivity index (χ4v) is 1.84. The number of hydrogen-bond donors (Lipinski definition) is 3. The van der Waals surface area contributed by atoms with Gasteiger partial charge >= 0.3 is 0 Å². The molecule has 0 atom stereocenters. The number of hydrogen-bond acceptors (Lipinski definition) is 7. The number of aromatic nitrogens is 2. The maximum atomic E-state index is 6.14. The fraction of sp³-hybridized carbons (Fsp3) is 0.333. The van der Waals surface area contributed by atoms with Crippen LogP contribution in [0, 0.1) is 0 Å². The minimum absolute atomic E-state index is 0.160. The highest BCUT2D eigenvalue weighted by Crippen LogP contribution is 2.27. The van der Waals surface area contributed by atoms with Gasteiger partial charge in [-0.1, -0.05) is 0 Å². The van der Waals surface area contributed by atoms with Gasteiger partial charge in [0, 0.05) is 5.54 Å². The van der Waals surface area contributed by atoms with E-state index in [-0.39, 0.29) is 5.54 Å². The highest BCUT2D eigenvalue weighted by molar-refractivity contribution is 5.70. The number of hydrazine groups is 1. The second-order valence-electron chi connectivity index (χ2n) is 5.92. The molecule has 0 saturated carbocycles. The van der Waals surface area contributed by atoms with Crippen LogP contribution in [0.3, 0.4) is 0 Å². The molecule has 2 rings (SSSR count). The van der Waals surface area contributed by atoms with Crippen LogP contribution >= 0.6 is 0 Å². The van der Waals surface area contributed by atoms with Crippen molar-refractivity contribution in [1.82, 2.24) is 9.97 Å². The molecule has 1 aromatic carbocycles. The van der Waals surface area contributed by atoms with Crippen LogP contribution in [0.25, 0.3) is 0 Å². The molecule has 1 heterocycles. The van der Waals surface area contributed by atoms with Crippen LogP contribution < -0.4 is 26.6 Å². The molecule has 7 nitrogen and oxygen atoms in total. The number of nitrogens with two attached hydrogens (primary N) is 2. The number of nitrogen functional groups attached to an aromatic ring is 1. The molecule has 0 bridgehead atoms. The molecule has 118 valence electrons. The molecule has 0 aliphatic carbocycles. The van der Waals surface area contributed by atoms with Crippen molar-refractivity contribution in [2.24, 2.45) is 5.84 Å². The first-order chi connectivity index (χ1) is 10.3. The van der Waals surface area contributed by atoms with Crippen molar-refractivity contribution in [3.8, 4) is 5.75 Å². The summed E-state index contributed by atoms with van der Waals surface area (Å²) in [7, 11) is 1.61. The van der Waals surface area contributed by atoms with E-state index in [9.17, 15) is 0 Å². The molecule has 22 heavy (non-hydrogen) atoms. The van der Waals surface area contributed by atoms with Gasteiger partial charge in [0.2, 0.25) is 5.95 Å². The van der Waals surface area contributed by atoms with Crippen LogP contribution in [0.4, 0.5) is 23.1 Å². The van der Waals surface area contributed by atoms with Gasteiger partial charge in [-0.25, -0.2) is 10.8 Å². The highest BCUT2D eigenvalue weighted by Gasteiger charge is 2.16. The van der Waals surface area contributed by atoms with E-state index in [1.54, 1.807) is 13.3 Å². The van der Waals surface area contributed by atoms with Gasteiger partial charge in [0.25, 0.3) is 0 Å². The Morgan fingerprint density at radius 1 is 1.18 bits per heavy atom. The zero-order valence-electron chi connectivity index (χ0n) is 13.3. The Hall–Kier alpha value is -2.54. The number of nitrogens with one attached hydrogen (secondary N) is 1. The number of methoxy groups -OCH3 is 1. The van der Waals surface area contributed by atoms with E-state index in [2.05, 4.69) is 15.3 Å². The normalized spacial score (nSPS) is 11.1. The van der Waals surface area contributed by atoms with Crippen molar-refractivity contribution < 1.29 is 4.74 Å². The summed E-state index contributed by atoms with van der Waals surface area (Å²) < 4.78 is 5.13. The number of nitrogens with zero attached hydrogens (tertiary/aromatic N) is 3. The Kier molecular flexibility index (Phi) is 4.37. The summed E-state index contributed by atoms with van der Waals surface area (Å²) in [6.07, 6.45) is 1.54. The van der Waals surface area contributed by atoms with Crippen molar-refractivity contribution in [2.45, 2.75) is 26.3 Å². The highest BCUT2D eigenvalue weighted by atomic mass is 16.5. The Balaban J connectivity index is 2.31. The van der Waals surface area contributed by atoms with Gasteiger partial charge in [-0.05, 0) is 45.0 Å². The van der Waals surface area contributed by atoms with Crippen LogP contribution in [-0.4, -0.2) is 22.6 Å². The Labute approximate surface area is 130 Å². The van der Waals surface area contributed by atoms with Crippen molar-refractivity contribution in [3.05, 3.63) is 30.5 Å². The lowest BCUT2D eigenvalue weighted by Gasteiger charge is -2.23. The molecule has 0 fully saturated rings. The lowest BCUT2D eigenvalue weighted by atomic mass is 10.1. The van der Waals surface area contributed by atoms with E-state index in [4.69, 9.17) is 16.3 Å². The molecule has 0 spiro atoms. The van der Waals surface area contributed by atoms with E-state index in [1.807, 2.05) is 45.0 Å². The summed E-state index contributed by atoms with van der Waals surface area (Å²) in [5.74, 6) is 7.80. The van der Waals surface area contributed by atoms with E-state index in [1.165, 1.54) is 5.01 Å². The molecule has 0 radical (unpaired) electrons. The molecule has 0 saturated heterocycles. The van der Waals surface area contributed by atoms with Crippen LogP contribution in [0.5, 0.6) is 5.75 Å². The Bertz CT molecular complexity index is 635. The lowest BCUT2D eigenvalue weighted by Crippen LogP contribution is -2.30. The minimum Gasteiger partial charge on any atom is -0.497 e. The SMILES string of the molecule is COc1ccc(N(N)c2nc(NC(C)(C)C)ncc2N)cc1. The van der Waals surface area contributed by atoms with Crippen LogP contribution in [0.1, 0.15) is 20.8 Å². The monoisotopic (exact) mass is 302 g/mol. The summed E-state index contributed by atoms with van der Waals surface area (Å²) in [5.41, 5.74) is 6.93. The van der Waals surface area contributed by atoms with Crippen molar-refractivity contribution in [1.29, 1.82) is 0 Å². The first kappa shape index (κ1) is 15.8. The van der Waals surface area contributed by atoms with Crippen LogP contribution in [0.2, 0.25) is 0 Å². The van der Waals surface area contributed by atoms with Gasteiger partial charge in [-0.2, -0.15) is 4.98 Å². The topological polar surface area (TPSA) is 102 Å². The van der Waals surface area contributed by atoms with Crippen molar-refractivity contribution in [3.63, 3.8) is 0 Å². The fourth-order valence-electron chi connectivity index (χ4n) is 1.84. The molecule has 0 aliphatic rings. The van der Waals surface area contributed by atoms with E-state index in [0.717, 1.165) is 11.4 Å². The maximum Gasteiger partial charge on any atom is 0.225 e. The third kappa shape index (κ3) is 3.76. The molecule has 5 N–H and O–H groups in total. The molecule has 2 aromatic rings. The van der Waals surface area contributed by atoms with Gasteiger partial charge in [0.15, 0.2) is 5.82 Å². The largest absolute Gasteiger partial charge is 0.497 e. The van der Waals surface area contributed by atoms with Gasteiger partial charge in [0.1, 0.15) is 5.75 Å². The third-order valence-electron chi connectivity index (χ3n) is 2.86. The van der Waals surface area contributed by atoms with Crippen molar-refractivity contribution >= 4 is 23.1 Å². The average molecular weight is 302 g/mol. The smallest absolute Gasteiger partial charge is 0.225 e. The quantitative estimate of drug-likeness (QED) is 0.588. The third-order valence-corrected chi connectivity index (χ3v) is 2.86. The summed E-state index contributed by atoms with van der Waals surface area (Å²) in [6.45, 7) is 6.07. The molecule has 1 aromatic heterocycles. The standard InChI is InChI=1S/C15H22N6O/c1-15(2,3)20-14-18-9-12(16)13(19-14)21(17)10-5-7-11(22-4)8-6-10/h5-9H,16-17H2,1-4H3,(H,18,19,20). The molecular formula is C15H22N6O. The summed E-state index contributed by atoms with van der Waals surface area (Å²) in [4.78, 5) is 8.58. The van der Waals surface area contributed by atoms with Gasteiger partial charge in [0.05, 0.1) is 24.7 Å². The Morgan fingerprint density at radius 3 is 2.36 bits per heavy atom. The zero-order valence-corrected chi connectivity index (χ0v) is 13.3. The van der Waals surface area contributed by atoms with Gasteiger partial charge in [-0.3, -0.25) is 5.01 Å². The van der Waals surface area contributed by atoms with Crippen LogP contribution in [0.15, 0.2) is 30.5 Å². The van der Waals surface area contributed by atoms with Crippen LogP contribution in [-0.2, 0) is 0 Å². The number of rotatable bonds is 4. The number of benzene rings is 1. The molecular weight excluding hydrogens is 280 g/mol. The summed E-state index contributed by atoms with van der Waals surface area (Å²) in [5, 5.41) is 4.61. The molecule has 0 aliphatic heterocycles. The van der Waals surface area contributed by atoms with E-state index >= 15 is 0 Å². The minimum atomic E-state index is -0.160. The Morgan fingerprint density at radius 2 is 1.82 bits per heavy atom. The summed E-state index contributed by atoms with van der Waals surface area (Å²) >= 11 is 0. The predicted octanol–water partition coefficient (Wildman–Crippen LogP) is 2.29. The maximum absolute atomic E-state index is 6.14. The van der Waals surface area contributed by atoms with Gasteiger partial charge in [-0.15, -0.1) is 0 Å². The van der Waals surface area contributed by atoms with E-state index in [0.29, 0.717) is 17.5 Å². The molecule has 0 amide bonds. The summed E-state index contributed by atoms with van der Waals surface area (Å²) in [6, 6.07) is 7.30.